The number of carbonyl (C=O) groups is 1. The molecule has 1 amide bonds. The second-order valence-corrected chi connectivity index (χ2v) is 4.64. The Bertz CT molecular complexity index is 397. The molecule has 0 aromatic heterocycles. The maximum Gasteiger partial charge on any atom is 0.231 e. The SMILES string of the molecule is COc1ccc(N(C)C(=O)C2CCCNC2)cc1. The highest BCUT2D eigenvalue weighted by atomic mass is 16.5. The fourth-order valence-electron chi connectivity index (χ4n) is 2.27. The maximum atomic E-state index is 12.3. The first kappa shape index (κ1) is 12.9. The number of anilines is 1. The van der Waals surface area contributed by atoms with E-state index in [1.807, 2.05) is 31.3 Å². The molecule has 0 saturated carbocycles. The summed E-state index contributed by atoms with van der Waals surface area (Å²) in [5.74, 6) is 1.09. The third-order valence-corrected chi connectivity index (χ3v) is 3.44. The van der Waals surface area contributed by atoms with Crippen molar-refractivity contribution in [1.29, 1.82) is 0 Å². The van der Waals surface area contributed by atoms with Gasteiger partial charge in [0, 0.05) is 19.3 Å². The lowest BCUT2D eigenvalue weighted by Gasteiger charge is -2.27. The van der Waals surface area contributed by atoms with Crippen LogP contribution in [0.15, 0.2) is 24.3 Å². The van der Waals surface area contributed by atoms with Crippen LogP contribution in [0.5, 0.6) is 5.75 Å². The molecule has 2 rings (SSSR count). The molecule has 1 unspecified atom stereocenters. The fraction of sp³-hybridized carbons (Fsp3) is 0.500. The Morgan fingerprint density at radius 1 is 1.39 bits per heavy atom. The van der Waals surface area contributed by atoms with Gasteiger partial charge < -0.3 is 15.0 Å². The molecule has 0 spiro atoms. The summed E-state index contributed by atoms with van der Waals surface area (Å²) in [6.45, 7) is 1.81. The van der Waals surface area contributed by atoms with Gasteiger partial charge in [0.1, 0.15) is 5.75 Å². The fourth-order valence-corrected chi connectivity index (χ4v) is 2.27. The van der Waals surface area contributed by atoms with Crippen molar-refractivity contribution in [3.8, 4) is 5.75 Å². The van der Waals surface area contributed by atoms with Gasteiger partial charge in [-0.25, -0.2) is 0 Å². The molecule has 1 aromatic carbocycles. The van der Waals surface area contributed by atoms with E-state index in [4.69, 9.17) is 4.74 Å². The molecule has 98 valence electrons. The zero-order chi connectivity index (χ0) is 13.0. The average Bonchev–Trinajstić information content (AvgIpc) is 2.47. The van der Waals surface area contributed by atoms with E-state index in [0.717, 1.165) is 37.4 Å². The number of methoxy groups -OCH3 is 1. The summed E-state index contributed by atoms with van der Waals surface area (Å²) in [6.07, 6.45) is 2.05. The number of nitrogens with zero attached hydrogens (tertiary/aromatic N) is 1. The molecule has 1 N–H and O–H groups in total. The normalized spacial score (nSPS) is 19.3. The summed E-state index contributed by atoms with van der Waals surface area (Å²) in [4.78, 5) is 14.0. The van der Waals surface area contributed by atoms with Gasteiger partial charge in [0.05, 0.1) is 13.0 Å². The van der Waals surface area contributed by atoms with Crippen molar-refractivity contribution in [2.45, 2.75) is 12.8 Å². The summed E-state index contributed by atoms with van der Waals surface area (Å²) in [5, 5.41) is 3.27. The van der Waals surface area contributed by atoms with Crippen molar-refractivity contribution in [3.63, 3.8) is 0 Å². The number of hydrogen-bond donors (Lipinski definition) is 1. The van der Waals surface area contributed by atoms with Gasteiger partial charge in [0.25, 0.3) is 0 Å². The molecule has 18 heavy (non-hydrogen) atoms. The van der Waals surface area contributed by atoms with Crippen LogP contribution < -0.4 is 15.0 Å². The van der Waals surface area contributed by atoms with Crippen LogP contribution >= 0.6 is 0 Å². The summed E-state index contributed by atoms with van der Waals surface area (Å²) in [6, 6.07) is 7.57. The lowest BCUT2D eigenvalue weighted by molar-refractivity contribution is -0.122. The number of piperidine rings is 1. The number of amides is 1. The smallest absolute Gasteiger partial charge is 0.231 e. The lowest BCUT2D eigenvalue weighted by Crippen LogP contribution is -2.41. The highest BCUT2D eigenvalue weighted by molar-refractivity contribution is 5.94. The van der Waals surface area contributed by atoms with Gasteiger partial charge in [-0.05, 0) is 43.7 Å². The van der Waals surface area contributed by atoms with E-state index < -0.39 is 0 Å². The van der Waals surface area contributed by atoms with Crippen LogP contribution in [0.25, 0.3) is 0 Å². The van der Waals surface area contributed by atoms with E-state index in [9.17, 15) is 4.79 Å². The zero-order valence-electron chi connectivity index (χ0n) is 11.0. The number of carbonyl (C=O) groups excluding carboxylic acids is 1. The Kier molecular flexibility index (Phi) is 4.20. The van der Waals surface area contributed by atoms with E-state index in [-0.39, 0.29) is 11.8 Å². The highest BCUT2D eigenvalue weighted by Gasteiger charge is 2.24. The zero-order valence-corrected chi connectivity index (χ0v) is 11.0. The summed E-state index contributed by atoms with van der Waals surface area (Å²) in [7, 11) is 3.47. The predicted molar refractivity (Wildman–Crippen MR) is 72.0 cm³/mol. The number of ether oxygens (including phenoxy) is 1. The van der Waals surface area contributed by atoms with Gasteiger partial charge in [-0.2, -0.15) is 0 Å². The number of nitrogens with one attached hydrogen (secondary N) is 1. The van der Waals surface area contributed by atoms with Crippen LogP contribution in [-0.4, -0.2) is 33.2 Å². The first-order valence-electron chi connectivity index (χ1n) is 6.34. The molecule has 1 aliphatic heterocycles. The summed E-state index contributed by atoms with van der Waals surface area (Å²) < 4.78 is 5.11. The van der Waals surface area contributed by atoms with Crippen molar-refractivity contribution in [1.82, 2.24) is 5.32 Å². The molecule has 1 atom stereocenters. The van der Waals surface area contributed by atoms with Crippen molar-refractivity contribution in [3.05, 3.63) is 24.3 Å². The quantitative estimate of drug-likeness (QED) is 0.884. The highest BCUT2D eigenvalue weighted by Crippen LogP contribution is 2.21. The van der Waals surface area contributed by atoms with Crippen LogP contribution in [0.1, 0.15) is 12.8 Å². The Labute approximate surface area is 108 Å². The van der Waals surface area contributed by atoms with Gasteiger partial charge >= 0.3 is 0 Å². The molecular weight excluding hydrogens is 228 g/mol. The van der Waals surface area contributed by atoms with Gasteiger partial charge in [0.15, 0.2) is 0 Å². The van der Waals surface area contributed by atoms with Crippen molar-refractivity contribution < 1.29 is 9.53 Å². The summed E-state index contributed by atoms with van der Waals surface area (Å²) in [5.41, 5.74) is 0.909. The van der Waals surface area contributed by atoms with Gasteiger partial charge in [-0.1, -0.05) is 0 Å². The molecule has 0 bridgehead atoms. The number of benzene rings is 1. The molecule has 1 saturated heterocycles. The largest absolute Gasteiger partial charge is 0.497 e. The molecule has 1 aromatic rings. The molecule has 1 aliphatic rings. The Morgan fingerprint density at radius 3 is 2.67 bits per heavy atom. The molecule has 1 fully saturated rings. The Hall–Kier alpha value is -1.55. The molecular formula is C14H20N2O2. The minimum absolute atomic E-state index is 0.103. The predicted octanol–water partition coefficient (Wildman–Crippen LogP) is 1.66. The third-order valence-electron chi connectivity index (χ3n) is 3.44. The first-order chi connectivity index (χ1) is 8.72. The standard InChI is InChI=1S/C14H20N2O2/c1-16(12-5-7-13(18-2)8-6-12)14(17)11-4-3-9-15-10-11/h5-8,11,15H,3-4,9-10H2,1-2H3. The van der Waals surface area contributed by atoms with Crippen molar-refractivity contribution >= 4 is 11.6 Å². The van der Waals surface area contributed by atoms with Gasteiger partial charge in [-0.15, -0.1) is 0 Å². The van der Waals surface area contributed by atoms with Gasteiger partial charge in [0.2, 0.25) is 5.91 Å². The molecule has 0 aliphatic carbocycles. The monoisotopic (exact) mass is 248 g/mol. The van der Waals surface area contributed by atoms with Crippen molar-refractivity contribution in [2.75, 3.05) is 32.1 Å². The molecule has 4 nitrogen and oxygen atoms in total. The van der Waals surface area contributed by atoms with E-state index in [2.05, 4.69) is 5.32 Å². The molecule has 1 heterocycles. The second-order valence-electron chi connectivity index (χ2n) is 4.64. The molecule has 0 radical (unpaired) electrons. The van der Waals surface area contributed by atoms with Crippen LogP contribution in [0.4, 0.5) is 5.69 Å². The van der Waals surface area contributed by atoms with Crippen LogP contribution in [0.3, 0.4) is 0 Å². The van der Waals surface area contributed by atoms with E-state index >= 15 is 0 Å². The van der Waals surface area contributed by atoms with Crippen LogP contribution in [-0.2, 0) is 4.79 Å². The second kappa shape index (κ2) is 5.87. The van der Waals surface area contributed by atoms with E-state index in [1.54, 1.807) is 12.0 Å². The number of rotatable bonds is 3. The summed E-state index contributed by atoms with van der Waals surface area (Å²) >= 11 is 0. The molecule has 4 heteroatoms. The average molecular weight is 248 g/mol. The lowest BCUT2D eigenvalue weighted by atomic mass is 9.98. The third kappa shape index (κ3) is 2.82. The van der Waals surface area contributed by atoms with E-state index in [0.29, 0.717) is 0 Å². The van der Waals surface area contributed by atoms with Gasteiger partial charge in [-0.3, -0.25) is 4.79 Å². The Morgan fingerprint density at radius 2 is 2.11 bits per heavy atom. The minimum atomic E-state index is 0.103. The maximum absolute atomic E-state index is 12.3. The Balaban J connectivity index is 2.04. The first-order valence-corrected chi connectivity index (χ1v) is 6.34. The van der Waals surface area contributed by atoms with Crippen LogP contribution in [0.2, 0.25) is 0 Å². The minimum Gasteiger partial charge on any atom is -0.497 e. The topological polar surface area (TPSA) is 41.6 Å². The van der Waals surface area contributed by atoms with Crippen molar-refractivity contribution in [2.24, 2.45) is 5.92 Å². The number of hydrogen-bond acceptors (Lipinski definition) is 3. The van der Waals surface area contributed by atoms with Crippen LogP contribution in [0, 0.1) is 5.92 Å². The van der Waals surface area contributed by atoms with E-state index in [1.165, 1.54) is 0 Å².